The predicted octanol–water partition coefficient (Wildman–Crippen LogP) is 2.08. The Morgan fingerprint density at radius 1 is 1.40 bits per heavy atom. The standard InChI is InChI=1S/C12H18FNO/c1-2-5-11(15)9-14-8-10-6-3-4-7-12(10)13/h3-4,6-7,11,14-15H,2,5,8-9H2,1H3. The lowest BCUT2D eigenvalue weighted by atomic mass is 10.2. The monoisotopic (exact) mass is 211 g/mol. The van der Waals surface area contributed by atoms with Crippen LogP contribution < -0.4 is 5.32 Å². The average molecular weight is 211 g/mol. The summed E-state index contributed by atoms with van der Waals surface area (Å²) in [6.45, 7) is 3.01. The molecule has 0 bridgehead atoms. The number of aliphatic hydroxyl groups excluding tert-OH is 1. The molecular weight excluding hydrogens is 193 g/mol. The van der Waals surface area contributed by atoms with Crippen LogP contribution in [-0.2, 0) is 6.54 Å². The topological polar surface area (TPSA) is 32.3 Å². The molecule has 0 aliphatic carbocycles. The Morgan fingerprint density at radius 2 is 2.13 bits per heavy atom. The van der Waals surface area contributed by atoms with Crippen LogP contribution in [0.25, 0.3) is 0 Å². The minimum atomic E-state index is -0.332. The van der Waals surface area contributed by atoms with Crippen molar-refractivity contribution in [1.82, 2.24) is 5.32 Å². The van der Waals surface area contributed by atoms with Gasteiger partial charge in [0.15, 0.2) is 0 Å². The molecule has 2 nitrogen and oxygen atoms in total. The smallest absolute Gasteiger partial charge is 0.127 e. The highest BCUT2D eigenvalue weighted by molar-refractivity contribution is 5.16. The van der Waals surface area contributed by atoms with Crippen molar-refractivity contribution in [3.05, 3.63) is 35.6 Å². The van der Waals surface area contributed by atoms with Crippen LogP contribution in [0.15, 0.2) is 24.3 Å². The largest absolute Gasteiger partial charge is 0.392 e. The highest BCUT2D eigenvalue weighted by atomic mass is 19.1. The zero-order chi connectivity index (χ0) is 11.1. The van der Waals surface area contributed by atoms with E-state index in [9.17, 15) is 9.50 Å². The van der Waals surface area contributed by atoms with Crippen LogP contribution in [0.2, 0.25) is 0 Å². The van der Waals surface area contributed by atoms with Crippen molar-refractivity contribution in [3.8, 4) is 0 Å². The minimum absolute atomic E-state index is 0.199. The average Bonchev–Trinajstić information content (AvgIpc) is 2.21. The quantitative estimate of drug-likeness (QED) is 0.755. The summed E-state index contributed by atoms with van der Waals surface area (Å²) in [6, 6.07) is 6.67. The minimum Gasteiger partial charge on any atom is -0.392 e. The van der Waals surface area contributed by atoms with Crippen molar-refractivity contribution >= 4 is 0 Å². The molecule has 0 amide bonds. The Labute approximate surface area is 90.1 Å². The first-order chi connectivity index (χ1) is 7.24. The van der Waals surface area contributed by atoms with E-state index in [0.717, 1.165) is 12.8 Å². The summed E-state index contributed by atoms with van der Waals surface area (Å²) in [4.78, 5) is 0. The first-order valence-electron chi connectivity index (χ1n) is 5.36. The van der Waals surface area contributed by atoms with Gasteiger partial charge in [0.2, 0.25) is 0 Å². The molecule has 1 aromatic rings. The number of aliphatic hydroxyl groups is 1. The first kappa shape index (κ1) is 12.1. The van der Waals surface area contributed by atoms with Crippen LogP contribution in [0.5, 0.6) is 0 Å². The number of hydrogen-bond donors (Lipinski definition) is 2. The normalized spacial score (nSPS) is 12.7. The van der Waals surface area contributed by atoms with Crippen LogP contribution in [0, 0.1) is 5.82 Å². The van der Waals surface area contributed by atoms with Gasteiger partial charge in [-0.3, -0.25) is 0 Å². The molecule has 0 aliphatic heterocycles. The Balaban J connectivity index is 2.29. The Hall–Kier alpha value is -0.930. The second-order valence-corrected chi connectivity index (χ2v) is 3.66. The SMILES string of the molecule is CCCC(O)CNCc1ccccc1F. The molecule has 15 heavy (non-hydrogen) atoms. The predicted molar refractivity (Wildman–Crippen MR) is 59.0 cm³/mol. The van der Waals surface area contributed by atoms with E-state index in [1.807, 2.05) is 13.0 Å². The van der Waals surface area contributed by atoms with Crippen molar-refractivity contribution in [1.29, 1.82) is 0 Å². The maximum absolute atomic E-state index is 13.2. The van der Waals surface area contributed by atoms with E-state index in [1.165, 1.54) is 6.07 Å². The van der Waals surface area contributed by atoms with Crippen LogP contribution in [0.1, 0.15) is 25.3 Å². The maximum Gasteiger partial charge on any atom is 0.127 e. The van der Waals surface area contributed by atoms with Gasteiger partial charge in [-0.2, -0.15) is 0 Å². The molecule has 0 saturated heterocycles. The van der Waals surface area contributed by atoms with Gasteiger partial charge in [-0.15, -0.1) is 0 Å². The fourth-order valence-electron chi connectivity index (χ4n) is 1.45. The first-order valence-corrected chi connectivity index (χ1v) is 5.36. The molecule has 1 unspecified atom stereocenters. The summed E-state index contributed by atoms with van der Waals surface area (Å²) < 4.78 is 13.2. The van der Waals surface area contributed by atoms with E-state index in [4.69, 9.17) is 0 Å². The molecule has 0 radical (unpaired) electrons. The lowest BCUT2D eigenvalue weighted by Crippen LogP contribution is -2.26. The van der Waals surface area contributed by atoms with Gasteiger partial charge >= 0.3 is 0 Å². The molecular formula is C12H18FNO. The third-order valence-corrected chi connectivity index (χ3v) is 2.28. The molecule has 0 heterocycles. The molecule has 0 fully saturated rings. The zero-order valence-corrected chi connectivity index (χ0v) is 9.04. The Morgan fingerprint density at radius 3 is 2.80 bits per heavy atom. The number of nitrogens with one attached hydrogen (secondary N) is 1. The van der Waals surface area contributed by atoms with E-state index in [1.54, 1.807) is 12.1 Å². The number of halogens is 1. The Bertz CT molecular complexity index is 291. The highest BCUT2D eigenvalue weighted by Gasteiger charge is 2.03. The maximum atomic E-state index is 13.2. The van der Waals surface area contributed by atoms with Crippen molar-refractivity contribution in [2.24, 2.45) is 0 Å². The molecule has 0 saturated carbocycles. The van der Waals surface area contributed by atoms with E-state index in [-0.39, 0.29) is 11.9 Å². The van der Waals surface area contributed by atoms with Crippen LogP contribution in [0.4, 0.5) is 4.39 Å². The summed E-state index contributed by atoms with van der Waals surface area (Å²) in [7, 11) is 0. The number of hydrogen-bond acceptors (Lipinski definition) is 2. The molecule has 1 aromatic carbocycles. The van der Waals surface area contributed by atoms with Gasteiger partial charge < -0.3 is 10.4 Å². The van der Waals surface area contributed by atoms with Crippen molar-refractivity contribution in [3.63, 3.8) is 0 Å². The number of rotatable bonds is 6. The molecule has 0 aromatic heterocycles. The van der Waals surface area contributed by atoms with E-state index >= 15 is 0 Å². The summed E-state index contributed by atoms with van der Waals surface area (Å²) in [5.74, 6) is -0.199. The van der Waals surface area contributed by atoms with E-state index < -0.39 is 0 Å². The van der Waals surface area contributed by atoms with Gasteiger partial charge in [-0.25, -0.2) is 4.39 Å². The second-order valence-electron chi connectivity index (χ2n) is 3.66. The summed E-state index contributed by atoms with van der Waals surface area (Å²) in [5.41, 5.74) is 0.640. The lowest BCUT2D eigenvalue weighted by Gasteiger charge is -2.10. The molecule has 0 aliphatic rings. The van der Waals surface area contributed by atoms with Gasteiger partial charge in [0.05, 0.1) is 6.10 Å². The lowest BCUT2D eigenvalue weighted by molar-refractivity contribution is 0.160. The molecule has 2 N–H and O–H groups in total. The molecule has 84 valence electrons. The fourth-order valence-corrected chi connectivity index (χ4v) is 1.45. The van der Waals surface area contributed by atoms with E-state index in [2.05, 4.69) is 5.32 Å². The highest BCUT2D eigenvalue weighted by Crippen LogP contribution is 2.05. The van der Waals surface area contributed by atoms with Crippen LogP contribution in [-0.4, -0.2) is 17.8 Å². The third-order valence-electron chi connectivity index (χ3n) is 2.28. The third kappa shape index (κ3) is 4.40. The zero-order valence-electron chi connectivity index (χ0n) is 9.04. The van der Waals surface area contributed by atoms with Gasteiger partial charge in [-0.05, 0) is 12.5 Å². The Kier molecular flexibility index (Phi) is 5.29. The van der Waals surface area contributed by atoms with Crippen molar-refractivity contribution in [2.75, 3.05) is 6.54 Å². The van der Waals surface area contributed by atoms with Gasteiger partial charge in [0, 0.05) is 18.7 Å². The van der Waals surface area contributed by atoms with Crippen molar-refractivity contribution < 1.29 is 9.50 Å². The second kappa shape index (κ2) is 6.53. The molecule has 1 atom stereocenters. The van der Waals surface area contributed by atoms with Crippen LogP contribution >= 0.6 is 0 Å². The molecule has 0 spiro atoms. The fraction of sp³-hybridized carbons (Fsp3) is 0.500. The molecule has 1 rings (SSSR count). The summed E-state index contributed by atoms with van der Waals surface area (Å²) in [6.07, 6.45) is 1.41. The van der Waals surface area contributed by atoms with Gasteiger partial charge in [-0.1, -0.05) is 31.5 Å². The number of benzene rings is 1. The summed E-state index contributed by atoms with van der Waals surface area (Å²) in [5, 5.41) is 12.5. The summed E-state index contributed by atoms with van der Waals surface area (Å²) >= 11 is 0. The van der Waals surface area contributed by atoms with Gasteiger partial charge in [0.1, 0.15) is 5.82 Å². The van der Waals surface area contributed by atoms with Crippen molar-refractivity contribution in [2.45, 2.75) is 32.4 Å². The molecule has 3 heteroatoms. The van der Waals surface area contributed by atoms with E-state index in [0.29, 0.717) is 18.7 Å². The van der Waals surface area contributed by atoms with Crippen LogP contribution in [0.3, 0.4) is 0 Å². The van der Waals surface area contributed by atoms with Gasteiger partial charge in [0.25, 0.3) is 0 Å².